The van der Waals surface area contributed by atoms with E-state index in [1.807, 2.05) is 4.90 Å². The zero-order chi connectivity index (χ0) is 14.5. The van der Waals surface area contributed by atoms with Crippen molar-refractivity contribution in [3.05, 3.63) is 27.9 Å². The molecular weight excluding hydrogens is 262 g/mol. The van der Waals surface area contributed by atoms with Crippen LogP contribution in [0.2, 0.25) is 0 Å². The summed E-state index contributed by atoms with van der Waals surface area (Å²) in [6.07, 6.45) is 6.53. The number of carbonyl (C=O) groups is 1. The minimum atomic E-state index is -1.18. The summed E-state index contributed by atoms with van der Waals surface area (Å²) in [5.74, 6) is -0.844. The van der Waals surface area contributed by atoms with E-state index >= 15 is 0 Å². The molecule has 1 aromatic rings. The number of hydrogen-bond acceptors (Lipinski definition) is 5. The van der Waals surface area contributed by atoms with E-state index in [0.717, 1.165) is 51.0 Å². The molecule has 0 aromatic carbocycles. The lowest BCUT2D eigenvalue weighted by molar-refractivity contribution is -0.385. The van der Waals surface area contributed by atoms with Gasteiger partial charge in [-0.3, -0.25) is 10.1 Å². The third-order valence-electron chi connectivity index (χ3n) is 3.45. The average molecular weight is 279 g/mol. The maximum absolute atomic E-state index is 11.3. The molecule has 0 atom stereocenters. The Bertz CT molecular complexity index is 510. The van der Waals surface area contributed by atoms with E-state index in [-0.39, 0.29) is 11.3 Å². The normalized spacial score (nSPS) is 16.3. The maximum Gasteiger partial charge on any atom is 0.339 e. The predicted octanol–water partition coefficient (Wildman–Crippen LogP) is 2.46. The molecule has 2 heterocycles. The summed E-state index contributed by atoms with van der Waals surface area (Å²) in [5, 5.41) is 20.0. The van der Waals surface area contributed by atoms with Crippen molar-refractivity contribution < 1.29 is 14.8 Å². The first-order chi connectivity index (χ1) is 9.59. The Labute approximate surface area is 116 Å². The van der Waals surface area contributed by atoms with Crippen LogP contribution in [0.15, 0.2) is 12.3 Å². The van der Waals surface area contributed by atoms with E-state index in [4.69, 9.17) is 0 Å². The summed E-state index contributed by atoms with van der Waals surface area (Å²) in [6, 6.07) is 1.09. The molecule has 1 fully saturated rings. The Kier molecular flexibility index (Phi) is 4.49. The highest BCUT2D eigenvalue weighted by Gasteiger charge is 2.22. The monoisotopic (exact) mass is 279 g/mol. The van der Waals surface area contributed by atoms with Gasteiger partial charge in [0.1, 0.15) is 17.6 Å². The molecule has 0 unspecified atom stereocenters. The van der Waals surface area contributed by atoms with Gasteiger partial charge >= 0.3 is 5.97 Å². The summed E-state index contributed by atoms with van der Waals surface area (Å²) in [5.41, 5.74) is -0.391. The van der Waals surface area contributed by atoms with Gasteiger partial charge in [0.25, 0.3) is 5.69 Å². The molecule has 0 amide bonds. The van der Waals surface area contributed by atoms with Crippen molar-refractivity contribution in [1.82, 2.24) is 4.98 Å². The van der Waals surface area contributed by atoms with Gasteiger partial charge in [0.05, 0.1) is 4.92 Å². The number of carboxylic acid groups (broad SMARTS) is 1. The van der Waals surface area contributed by atoms with Crippen molar-refractivity contribution in [3.8, 4) is 0 Å². The number of carboxylic acids is 1. The first kappa shape index (κ1) is 14.2. The van der Waals surface area contributed by atoms with Gasteiger partial charge in [-0.15, -0.1) is 0 Å². The molecule has 0 saturated carbocycles. The van der Waals surface area contributed by atoms with Crippen LogP contribution in [0.5, 0.6) is 0 Å². The molecule has 1 aromatic heterocycles. The zero-order valence-electron chi connectivity index (χ0n) is 11.1. The molecular formula is C13H17N3O4. The van der Waals surface area contributed by atoms with Crippen molar-refractivity contribution in [2.24, 2.45) is 0 Å². The van der Waals surface area contributed by atoms with Crippen LogP contribution in [0.3, 0.4) is 0 Å². The third kappa shape index (κ3) is 3.23. The van der Waals surface area contributed by atoms with Crippen LogP contribution in [-0.2, 0) is 0 Å². The molecule has 1 saturated heterocycles. The van der Waals surface area contributed by atoms with Gasteiger partial charge in [-0.1, -0.05) is 19.3 Å². The fraction of sp³-hybridized carbons (Fsp3) is 0.538. The highest BCUT2D eigenvalue weighted by molar-refractivity contribution is 5.94. The summed E-state index contributed by atoms with van der Waals surface area (Å²) in [6.45, 7) is 1.48. The largest absolute Gasteiger partial charge is 0.478 e. The number of rotatable bonds is 3. The van der Waals surface area contributed by atoms with Crippen LogP contribution in [-0.4, -0.2) is 34.1 Å². The second-order valence-corrected chi connectivity index (χ2v) is 4.88. The number of hydrogen-bond donors (Lipinski definition) is 1. The molecule has 1 N–H and O–H groups in total. The molecule has 0 aliphatic carbocycles. The van der Waals surface area contributed by atoms with Crippen molar-refractivity contribution in [1.29, 1.82) is 0 Å². The number of aromatic nitrogens is 1. The highest BCUT2D eigenvalue weighted by atomic mass is 16.6. The molecule has 0 radical (unpaired) electrons. The standard InChI is InChI=1S/C13H17N3O4/c17-13(18)11-8-10(16(19)20)9-14-12(11)15-6-4-2-1-3-5-7-15/h8-9H,1-7H2,(H,17,18). The summed E-state index contributed by atoms with van der Waals surface area (Å²) in [4.78, 5) is 27.3. The van der Waals surface area contributed by atoms with Gasteiger partial charge in [-0.25, -0.2) is 9.78 Å². The second-order valence-electron chi connectivity index (χ2n) is 4.88. The smallest absolute Gasteiger partial charge is 0.339 e. The lowest BCUT2D eigenvalue weighted by atomic mass is 10.1. The number of anilines is 1. The van der Waals surface area contributed by atoms with E-state index in [9.17, 15) is 20.0 Å². The number of aromatic carboxylic acids is 1. The Hall–Kier alpha value is -2.18. The van der Waals surface area contributed by atoms with Crippen molar-refractivity contribution in [3.63, 3.8) is 0 Å². The predicted molar refractivity (Wildman–Crippen MR) is 73.1 cm³/mol. The lowest BCUT2D eigenvalue weighted by Gasteiger charge is -2.26. The Morgan fingerprint density at radius 3 is 2.40 bits per heavy atom. The van der Waals surface area contributed by atoms with E-state index in [1.54, 1.807) is 0 Å². The van der Waals surface area contributed by atoms with Gasteiger partial charge in [0.2, 0.25) is 0 Å². The topological polar surface area (TPSA) is 96.6 Å². The average Bonchev–Trinajstić information content (AvgIpc) is 2.37. The van der Waals surface area contributed by atoms with Gasteiger partial charge < -0.3 is 10.0 Å². The first-order valence-electron chi connectivity index (χ1n) is 6.72. The summed E-state index contributed by atoms with van der Waals surface area (Å²) >= 11 is 0. The minimum absolute atomic E-state index is 0.0974. The van der Waals surface area contributed by atoms with E-state index in [0.29, 0.717) is 5.82 Å². The maximum atomic E-state index is 11.3. The van der Waals surface area contributed by atoms with Crippen LogP contribution < -0.4 is 4.90 Å². The molecule has 0 bridgehead atoms. The Morgan fingerprint density at radius 1 is 1.25 bits per heavy atom. The number of nitrogens with zero attached hydrogens (tertiary/aromatic N) is 3. The fourth-order valence-electron chi connectivity index (χ4n) is 2.42. The van der Waals surface area contributed by atoms with Crippen molar-refractivity contribution in [2.45, 2.75) is 32.1 Å². The molecule has 1 aliphatic heterocycles. The van der Waals surface area contributed by atoms with E-state index < -0.39 is 10.9 Å². The molecule has 108 valence electrons. The fourth-order valence-corrected chi connectivity index (χ4v) is 2.42. The quantitative estimate of drug-likeness (QED) is 0.674. The molecule has 2 rings (SSSR count). The Balaban J connectivity index is 2.33. The first-order valence-corrected chi connectivity index (χ1v) is 6.72. The van der Waals surface area contributed by atoms with Crippen molar-refractivity contribution in [2.75, 3.05) is 18.0 Å². The highest BCUT2D eigenvalue weighted by Crippen LogP contribution is 2.24. The van der Waals surface area contributed by atoms with Crippen LogP contribution >= 0.6 is 0 Å². The van der Waals surface area contributed by atoms with E-state index in [2.05, 4.69) is 4.98 Å². The van der Waals surface area contributed by atoms with Crippen LogP contribution in [0.1, 0.15) is 42.5 Å². The summed E-state index contributed by atoms with van der Waals surface area (Å²) in [7, 11) is 0. The van der Waals surface area contributed by atoms with Gasteiger partial charge in [0, 0.05) is 19.2 Å². The molecule has 20 heavy (non-hydrogen) atoms. The molecule has 7 heteroatoms. The van der Waals surface area contributed by atoms with Gasteiger partial charge in [-0.05, 0) is 12.8 Å². The van der Waals surface area contributed by atoms with Gasteiger partial charge in [0.15, 0.2) is 0 Å². The van der Waals surface area contributed by atoms with Crippen molar-refractivity contribution >= 4 is 17.5 Å². The zero-order valence-corrected chi connectivity index (χ0v) is 11.1. The van der Waals surface area contributed by atoms with Gasteiger partial charge in [-0.2, -0.15) is 0 Å². The number of pyridine rings is 1. The molecule has 0 spiro atoms. The SMILES string of the molecule is O=C(O)c1cc([N+](=O)[O-])cnc1N1CCCCCCC1. The van der Waals surface area contributed by atoms with E-state index in [1.165, 1.54) is 6.42 Å². The number of nitro groups is 1. The lowest BCUT2D eigenvalue weighted by Crippen LogP contribution is -2.29. The van der Waals surface area contributed by atoms with Crippen LogP contribution in [0.25, 0.3) is 0 Å². The Morgan fingerprint density at radius 2 is 1.85 bits per heavy atom. The second kappa shape index (κ2) is 6.31. The molecule has 7 nitrogen and oxygen atoms in total. The molecule has 1 aliphatic rings. The van der Waals surface area contributed by atoms with Crippen LogP contribution in [0, 0.1) is 10.1 Å². The third-order valence-corrected chi connectivity index (χ3v) is 3.45. The minimum Gasteiger partial charge on any atom is -0.478 e. The summed E-state index contributed by atoms with van der Waals surface area (Å²) < 4.78 is 0. The van der Waals surface area contributed by atoms with Crippen LogP contribution in [0.4, 0.5) is 11.5 Å².